The zero-order chi connectivity index (χ0) is 22.5. The number of rotatable bonds is 6. The predicted octanol–water partition coefficient (Wildman–Crippen LogP) is 1.53. The molecule has 2 saturated heterocycles. The van der Waals surface area contributed by atoms with Crippen LogP contribution in [0.5, 0.6) is 5.75 Å². The number of anilines is 1. The number of halogens is 1. The summed E-state index contributed by atoms with van der Waals surface area (Å²) in [6, 6.07) is 3.46. The number of hydrogen-bond acceptors (Lipinski definition) is 6. The Balaban J connectivity index is 1.63. The van der Waals surface area contributed by atoms with E-state index in [-0.39, 0.29) is 23.9 Å². The minimum atomic E-state index is -0.146. The van der Waals surface area contributed by atoms with Gasteiger partial charge in [-0.25, -0.2) is 0 Å². The molecule has 0 bridgehead atoms. The maximum Gasteiger partial charge on any atom is 0.255 e. The summed E-state index contributed by atoms with van der Waals surface area (Å²) in [5, 5.41) is 6.54. The van der Waals surface area contributed by atoms with E-state index in [1.165, 1.54) is 0 Å². The molecule has 0 saturated carbocycles. The fourth-order valence-electron chi connectivity index (χ4n) is 4.58. The fraction of sp³-hybridized carbons (Fsp3) is 0.636. The lowest BCUT2D eigenvalue weighted by Crippen LogP contribution is -2.56. The monoisotopic (exact) mass is 543 g/mol. The van der Waals surface area contributed by atoms with E-state index in [1.807, 2.05) is 14.1 Å². The normalized spacial score (nSPS) is 19.6. The number of piperidine rings is 2. The van der Waals surface area contributed by atoms with Gasteiger partial charge in [0.05, 0.1) is 18.7 Å². The molecule has 4 N–H and O–H groups in total. The van der Waals surface area contributed by atoms with Gasteiger partial charge < -0.3 is 26.0 Å². The van der Waals surface area contributed by atoms with Gasteiger partial charge in [-0.2, -0.15) is 0 Å². The highest BCUT2D eigenvalue weighted by molar-refractivity contribution is 14.1. The van der Waals surface area contributed by atoms with Crippen LogP contribution in [0, 0.1) is 9.49 Å². The summed E-state index contributed by atoms with van der Waals surface area (Å²) >= 11 is 2.12. The molecule has 9 heteroatoms. The van der Waals surface area contributed by atoms with Crippen LogP contribution in [-0.2, 0) is 4.79 Å². The minimum Gasteiger partial charge on any atom is -0.496 e. The zero-order valence-corrected chi connectivity index (χ0v) is 20.8. The quantitative estimate of drug-likeness (QED) is 0.372. The van der Waals surface area contributed by atoms with Gasteiger partial charge in [-0.05, 0) is 73.3 Å². The second-order valence-electron chi connectivity index (χ2n) is 8.62. The summed E-state index contributed by atoms with van der Waals surface area (Å²) in [6.07, 6.45) is 3.69. The van der Waals surface area contributed by atoms with E-state index in [2.05, 4.69) is 38.1 Å². The Hall–Kier alpha value is -1.59. The fourth-order valence-corrected chi connectivity index (χ4v) is 5.05. The Morgan fingerprint density at radius 2 is 1.87 bits per heavy atom. The lowest BCUT2D eigenvalue weighted by atomic mass is 9.87. The molecule has 3 rings (SSSR count). The van der Waals surface area contributed by atoms with Crippen LogP contribution in [0.2, 0.25) is 0 Å². The Labute approximate surface area is 198 Å². The number of amides is 2. The van der Waals surface area contributed by atoms with Crippen molar-refractivity contribution in [3.63, 3.8) is 0 Å². The molecule has 1 atom stereocenters. The molecule has 0 aliphatic carbocycles. The number of carbonyl (C=O) groups is 2. The molecule has 2 amide bonds. The molecule has 172 valence electrons. The van der Waals surface area contributed by atoms with Gasteiger partial charge in [0, 0.05) is 48.6 Å². The number of benzene rings is 1. The van der Waals surface area contributed by atoms with Crippen molar-refractivity contribution in [2.24, 2.45) is 5.92 Å². The number of hydrogen-bond donors (Lipinski definition) is 3. The molecule has 31 heavy (non-hydrogen) atoms. The minimum absolute atomic E-state index is 0.0757. The average molecular weight is 543 g/mol. The van der Waals surface area contributed by atoms with Crippen molar-refractivity contribution in [2.45, 2.75) is 37.8 Å². The third-order valence-electron chi connectivity index (χ3n) is 6.35. The third-order valence-corrected chi connectivity index (χ3v) is 7.28. The van der Waals surface area contributed by atoms with Gasteiger partial charge in [0.15, 0.2) is 0 Å². The number of ether oxygens (including phenoxy) is 1. The Morgan fingerprint density at radius 1 is 1.23 bits per heavy atom. The molecule has 0 spiro atoms. The summed E-state index contributed by atoms with van der Waals surface area (Å²) in [5.74, 6) is 0.905. The van der Waals surface area contributed by atoms with Crippen LogP contribution in [0.15, 0.2) is 12.1 Å². The first-order chi connectivity index (χ1) is 14.8. The van der Waals surface area contributed by atoms with E-state index in [0.717, 1.165) is 55.4 Å². The van der Waals surface area contributed by atoms with Gasteiger partial charge >= 0.3 is 0 Å². The van der Waals surface area contributed by atoms with Crippen LogP contribution in [-0.4, -0.2) is 81.1 Å². The summed E-state index contributed by atoms with van der Waals surface area (Å²) in [7, 11) is 5.22. The molecule has 2 heterocycles. The standard InChI is InChI=1S/C22H34IN5O3/c1-27(2)22(30)20(14-4-8-25-9-5-14)28-10-6-15(7-11-28)26-21(29)16-12-17(23)18(24)13-19(16)31-3/h12-15,20,25H,4-11,24H2,1-3H3,(H,26,29). The highest BCUT2D eigenvalue weighted by atomic mass is 127. The molecule has 2 aliphatic heterocycles. The molecule has 2 aliphatic rings. The molecule has 0 radical (unpaired) electrons. The summed E-state index contributed by atoms with van der Waals surface area (Å²) in [5.41, 5.74) is 7.03. The topological polar surface area (TPSA) is 99.9 Å². The van der Waals surface area contributed by atoms with Gasteiger partial charge in [-0.1, -0.05) is 0 Å². The van der Waals surface area contributed by atoms with Crippen molar-refractivity contribution in [1.29, 1.82) is 0 Å². The number of nitrogens with two attached hydrogens (primary N) is 1. The highest BCUT2D eigenvalue weighted by Gasteiger charge is 2.37. The van der Waals surface area contributed by atoms with E-state index >= 15 is 0 Å². The number of likely N-dealkylation sites (N-methyl/N-ethyl adjacent to an activating group) is 1. The summed E-state index contributed by atoms with van der Waals surface area (Å²) in [4.78, 5) is 29.9. The molecule has 8 nitrogen and oxygen atoms in total. The zero-order valence-electron chi connectivity index (χ0n) is 18.6. The Kier molecular flexibility index (Phi) is 8.40. The van der Waals surface area contributed by atoms with Gasteiger partial charge in [-0.15, -0.1) is 0 Å². The first-order valence-corrected chi connectivity index (χ1v) is 12.0. The number of methoxy groups -OCH3 is 1. The molecule has 1 aromatic carbocycles. The number of likely N-dealkylation sites (tertiary alicyclic amines) is 1. The van der Waals surface area contributed by atoms with Gasteiger partial charge in [0.1, 0.15) is 5.75 Å². The maximum absolute atomic E-state index is 13.0. The van der Waals surface area contributed by atoms with E-state index < -0.39 is 0 Å². The van der Waals surface area contributed by atoms with Gasteiger partial charge in [-0.3, -0.25) is 14.5 Å². The van der Waals surface area contributed by atoms with Crippen LogP contribution in [0.25, 0.3) is 0 Å². The van der Waals surface area contributed by atoms with Crippen molar-refractivity contribution in [3.05, 3.63) is 21.3 Å². The Morgan fingerprint density at radius 3 is 2.45 bits per heavy atom. The van der Waals surface area contributed by atoms with Crippen LogP contribution in [0.1, 0.15) is 36.0 Å². The van der Waals surface area contributed by atoms with Crippen molar-refractivity contribution in [2.75, 3.05) is 53.1 Å². The van der Waals surface area contributed by atoms with E-state index in [9.17, 15) is 9.59 Å². The van der Waals surface area contributed by atoms with Crippen molar-refractivity contribution >= 4 is 40.1 Å². The number of nitrogens with one attached hydrogen (secondary N) is 2. The summed E-state index contributed by atoms with van der Waals surface area (Å²) < 4.78 is 6.18. The molecular formula is C22H34IN5O3. The second kappa shape index (κ2) is 10.8. The summed E-state index contributed by atoms with van der Waals surface area (Å²) in [6.45, 7) is 3.54. The van der Waals surface area contributed by atoms with Crippen molar-refractivity contribution in [3.8, 4) is 5.75 Å². The molecular weight excluding hydrogens is 509 g/mol. The van der Waals surface area contributed by atoms with Crippen LogP contribution in [0.3, 0.4) is 0 Å². The average Bonchev–Trinajstić information content (AvgIpc) is 2.77. The molecule has 2 fully saturated rings. The molecule has 1 aromatic rings. The first kappa shape index (κ1) is 24.1. The van der Waals surface area contributed by atoms with E-state index in [4.69, 9.17) is 10.5 Å². The predicted molar refractivity (Wildman–Crippen MR) is 130 cm³/mol. The molecule has 1 unspecified atom stereocenters. The van der Waals surface area contributed by atoms with Crippen molar-refractivity contribution < 1.29 is 14.3 Å². The SMILES string of the molecule is COc1cc(N)c(I)cc1C(=O)NC1CCN(C(C(=O)N(C)C)C2CCNCC2)CC1. The number of nitrogens with zero attached hydrogens (tertiary/aromatic N) is 2. The molecule has 0 aromatic heterocycles. The second-order valence-corrected chi connectivity index (χ2v) is 9.78. The van der Waals surface area contributed by atoms with Gasteiger partial charge in [0.2, 0.25) is 5.91 Å². The Bertz CT molecular complexity index is 790. The van der Waals surface area contributed by atoms with Crippen molar-refractivity contribution in [1.82, 2.24) is 20.4 Å². The maximum atomic E-state index is 13.0. The van der Waals surface area contributed by atoms with E-state index in [1.54, 1.807) is 24.1 Å². The van der Waals surface area contributed by atoms with Crippen LogP contribution >= 0.6 is 22.6 Å². The lowest BCUT2D eigenvalue weighted by molar-refractivity contribution is -0.137. The number of nitrogen functional groups attached to an aromatic ring is 1. The largest absolute Gasteiger partial charge is 0.496 e. The van der Waals surface area contributed by atoms with Gasteiger partial charge in [0.25, 0.3) is 5.91 Å². The van der Waals surface area contributed by atoms with Crippen LogP contribution < -0.4 is 21.1 Å². The third kappa shape index (κ3) is 5.81. The number of carbonyl (C=O) groups excluding carboxylic acids is 2. The smallest absolute Gasteiger partial charge is 0.255 e. The highest BCUT2D eigenvalue weighted by Crippen LogP contribution is 2.28. The van der Waals surface area contributed by atoms with E-state index in [0.29, 0.717) is 22.9 Å². The van der Waals surface area contributed by atoms with Crippen LogP contribution in [0.4, 0.5) is 5.69 Å². The first-order valence-electron chi connectivity index (χ1n) is 10.9. The lowest BCUT2D eigenvalue weighted by Gasteiger charge is -2.42.